The maximum absolute atomic E-state index is 6.45. The highest BCUT2D eigenvalue weighted by molar-refractivity contribution is 5.88. The number of rotatable bonds is 4. The van der Waals surface area contributed by atoms with E-state index in [9.17, 15) is 0 Å². The Morgan fingerprint density at radius 1 is 1.24 bits per heavy atom. The molecule has 0 spiro atoms. The molecule has 2 N–H and O–H groups in total. The Hall–Kier alpha value is -1.58. The molecule has 1 aliphatic heterocycles. The number of nitrogens with two attached hydrogens (primary N) is 1. The van der Waals surface area contributed by atoms with E-state index in [1.54, 1.807) is 7.11 Å². The van der Waals surface area contributed by atoms with Crippen LogP contribution in [0.1, 0.15) is 31.4 Å². The maximum atomic E-state index is 6.45. The van der Waals surface area contributed by atoms with E-state index in [0.717, 1.165) is 31.7 Å². The van der Waals surface area contributed by atoms with Gasteiger partial charge in [0, 0.05) is 18.2 Å². The quantitative estimate of drug-likeness (QED) is 0.936. The molecular formula is C18H24N2O. The molecule has 2 unspecified atom stereocenters. The van der Waals surface area contributed by atoms with Crippen molar-refractivity contribution in [3.8, 4) is 5.75 Å². The van der Waals surface area contributed by atoms with Crippen LogP contribution in [0, 0.1) is 0 Å². The minimum absolute atomic E-state index is 0.177. The van der Waals surface area contributed by atoms with Crippen LogP contribution in [0.3, 0.4) is 0 Å². The van der Waals surface area contributed by atoms with Crippen LogP contribution in [0.4, 0.5) is 0 Å². The average molecular weight is 284 g/mol. The van der Waals surface area contributed by atoms with Gasteiger partial charge in [-0.05, 0) is 36.2 Å². The highest BCUT2D eigenvalue weighted by atomic mass is 16.5. The number of fused-ring (bicyclic) bond motifs is 1. The fourth-order valence-corrected chi connectivity index (χ4v) is 3.58. The van der Waals surface area contributed by atoms with Gasteiger partial charge in [0.25, 0.3) is 0 Å². The molecule has 3 nitrogen and oxygen atoms in total. The second-order valence-corrected chi connectivity index (χ2v) is 5.84. The maximum Gasteiger partial charge on any atom is 0.124 e. The van der Waals surface area contributed by atoms with Gasteiger partial charge in [-0.2, -0.15) is 0 Å². The molecule has 3 rings (SSSR count). The summed E-state index contributed by atoms with van der Waals surface area (Å²) in [6.07, 6.45) is 2.20. The van der Waals surface area contributed by atoms with Gasteiger partial charge in [-0.25, -0.2) is 0 Å². The predicted molar refractivity (Wildman–Crippen MR) is 87.7 cm³/mol. The van der Waals surface area contributed by atoms with Gasteiger partial charge in [-0.1, -0.05) is 37.3 Å². The fraction of sp³-hybridized carbons (Fsp3) is 0.444. The van der Waals surface area contributed by atoms with Gasteiger partial charge < -0.3 is 10.5 Å². The minimum Gasteiger partial charge on any atom is -0.496 e. The zero-order valence-corrected chi connectivity index (χ0v) is 12.9. The van der Waals surface area contributed by atoms with Crippen LogP contribution in [-0.4, -0.2) is 31.1 Å². The summed E-state index contributed by atoms with van der Waals surface area (Å²) in [5, 5.41) is 2.52. The second-order valence-electron chi connectivity index (χ2n) is 5.84. The SMILES string of the molecule is CCCN1CCC(N)C1c1c(OC)ccc2ccccc12. The highest BCUT2D eigenvalue weighted by Gasteiger charge is 2.35. The van der Waals surface area contributed by atoms with Gasteiger partial charge >= 0.3 is 0 Å². The summed E-state index contributed by atoms with van der Waals surface area (Å²) < 4.78 is 5.66. The van der Waals surface area contributed by atoms with Gasteiger partial charge in [-0.15, -0.1) is 0 Å². The number of ether oxygens (including phenoxy) is 1. The van der Waals surface area contributed by atoms with Crippen molar-refractivity contribution < 1.29 is 4.74 Å². The van der Waals surface area contributed by atoms with E-state index in [1.165, 1.54) is 16.3 Å². The molecule has 0 aromatic heterocycles. The molecule has 1 aliphatic rings. The molecule has 0 amide bonds. The minimum atomic E-state index is 0.177. The fourth-order valence-electron chi connectivity index (χ4n) is 3.58. The third kappa shape index (κ3) is 2.52. The Balaban J connectivity index is 2.17. The first-order valence-electron chi connectivity index (χ1n) is 7.81. The van der Waals surface area contributed by atoms with Gasteiger partial charge in [0.15, 0.2) is 0 Å². The number of benzene rings is 2. The lowest BCUT2D eigenvalue weighted by Crippen LogP contribution is -2.32. The lowest BCUT2D eigenvalue weighted by Gasteiger charge is -2.29. The topological polar surface area (TPSA) is 38.5 Å². The van der Waals surface area contributed by atoms with Crippen molar-refractivity contribution >= 4 is 10.8 Å². The second kappa shape index (κ2) is 6.04. The molecule has 1 saturated heterocycles. The number of hydrogen-bond acceptors (Lipinski definition) is 3. The van der Waals surface area contributed by atoms with E-state index in [4.69, 9.17) is 10.5 Å². The van der Waals surface area contributed by atoms with E-state index in [0.29, 0.717) is 0 Å². The molecule has 3 heteroatoms. The van der Waals surface area contributed by atoms with Gasteiger partial charge in [-0.3, -0.25) is 4.90 Å². The normalized spacial score (nSPS) is 22.8. The third-order valence-corrected chi connectivity index (χ3v) is 4.51. The first-order valence-corrected chi connectivity index (χ1v) is 7.81. The van der Waals surface area contributed by atoms with Crippen LogP contribution in [0.15, 0.2) is 36.4 Å². The summed E-state index contributed by atoms with van der Waals surface area (Å²) in [6, 6.07) is 13.1. The van der Waals surface area contributed by atoms with Crippen LogP contribution >= 0.6 is 0 Å². The Morgan fingerprint density at radius 3 is 2.81 bits per heavy atom. The molecule has 112 valence electrons. The number of likely N-dealkylation sites (tertiary alicyclic amines) is 1. The van der Waals surface area contributed by atoms with Gasteiger partial charge in [0.05, 0.1) is 13.2 Å². The summed E-state index contributed by atoms with van der Waals surface area (Å²) in [6.45, 7) is 4.39. The molecule has 0 radical (unpaired) electrons. The molecule has 2 aromatic rings. The summed E-state index contributed by atoms with van der Waals surface area (Å²) in [5.74, 6) is 0.956. The van der Waals surface area contributed by atoms with Gasteiger partial charge in [0.1, 0.15) is 5.75 Å². The summed E-state index contributed by atoms with van der Waals surface area (Å²) in [4.78, 5) is 2.51. The molecule has 1 fully saturated rings. The Labute approximate surface area is 126 Å². The molecule has 0 aliphatic carbocycles. The van der Waals surface area contributed by atoms with Crippen molar-refractivity contribution in [3.05, 3.63) is 42.0 Å². The number of nitrogens with zero attached hydrogens (tertiary/aromatic N) is 1. The van der Waals surface area contributed by atoms with E-state index >= 15 is 0 Å². The van der Waals surface area contributed by atoms with Crippen LogP contribution in [0.5, 0.6) is 5.75 Å². The summed E-state index contributed by atoms with van der Waals surface area (Å²) >= 11 is 0. The number of methoxy groups -OCH3 is 1. The predicted octanol–water partition coefficient (Wildman–Crippen LogP) is 3.33. The lowest BCUT2D eigenvalue weighted by molar-refractivity contribution is 0.244. The Kier molecular flexibility index (Phi) is 4.13. The first kappa shape index (κ1) is 14.4. The molecule has 0 saturated carbocycles. The van der Waals surface area contributed by atoms with Crippen LogP contribution < -0.4 is 10.5 Å². The van der Waals surface area contributed by atoms with Crippen LogP contribution in [0.25, 0.3) is 10.8 Å². The standard InChI is InChI=1S/C18H24N2O/c1-3-11-20-12-10-15(19)18(20)17-14-7-5-4-6-13(14)8-9-16(17)21-2/h4-9,15,18H,3,10-12,19H2,1-2H3. The van der Waals surface area contributed by atoms with E-state index < -0.39 is 0 Å². The first-order chi connectivity index (χ1) is 10.3. The summed E-state index contributed by atoms with van der Waals surface area (Å²) in [7, 11) is 1.75. The Morgan fingerprint density at radius 2 is 2.05 bits per heavy atom. The molecule has 2 aromatic carbocycles. The Bertz CT molecular complexity index is 624. The van der Waals surface area contributed by atoms with Crippen molar-refractivity contribution in [2.75, 3.05) is 20.2 Å². The summed E-state index contributed by atoms with van der Waals surface area (Å²) in [5.41, 5.74) is 7.71. The highest BCUT2D eigenvalue weighted by Crippen LogP contribution is 2.40. The average Bonchev–Trinajstić information content (AvgIpc) is 2.87. The van der Waals surface area contributed by atoms with Crippen molar-refractivity contribution in [1.29, 1.82) is 0 Å². The monoisotopic (exact) mass is 284 g/mol. The van der Waals surface area contributed by atoms with E-state index in [-0.39, 0.29) is 12.1 Å². The van der Waals surface area contributed by atoms with Gasteiger partial charge in [0.2, 0.25) is 0 Å². The van der Waals surface area contributed by atoms with Crippen molar-refractivity contribution in [2.24, 2.45) is 5.73 Å². The zero-order chi connectivity index (χ0) is 14.8. The van der Waals surface area contributed by atoms with E-state index in [2.05, 4.69) is 48.2 Å². The zero-order valence-electron chi connectivity index (χ0n) is 12.9. The largest absolute Gasteiger partial charge is 0.496 e. The molecule has 0 bridgehead atoms. The third-order valence-electron chi connectivity index (χ3n) is 4.51. The molecule has 1 heterocycles. The van der Waals surface area contributed by atoms with Crippen molar-refractivity contribution in [1.82, 2.24) is 4.90 Å². The smallest absolute Gasteiger partial charge is 0.124 e. The number of hydrogen-bond donors (Lipinski definition) is 1. The van der Waals surface area contributed by atoms with E-state index in [1.807, 2.05) is 0 Å². The molecular weight excluding hydrogens is 260 g/mol. The molecule has 2 atom stereocenters. The van der Waals surface area contributed by atoms with Crippen molar-refractivity contribution in [2.45, 2.75) is 31.8 Å². The molecule has 21 heavy (non-hydrogen) atoms. The van der Waals surface area contributed by atoms with Crippen LogP contribution in [0.2, 0.25) is 0 Å². The van der Waals surface area contributed by atoms with Crippen molar-refractivity contribution in [3.63, 3.8) is 0 Å². The van der Waals surface area contributed by atoms with Crippen LogP contribution in [-0.2, 0) is 0 Å². The lowest BCUT2D eigenvalue weighted by atomic mass is 9.93.